The van der Waals surface area contributed by atoms with E-state index < -0.39 is 5.97 Å². The van der Waals surface area contributed by atoms with Gasteiger partial charge in [0, 0.05) is 23.0 Å². The van der Waals surface area contributed by atoms with Crippen molar-refractivity contribution in [3.63, 3.8) is 0 Å². The number of nitrogens with zero attached hydrogens (tertiary/aromatic N) is 2. The van der Waals surface area contributed by atoms with Crippen LogP contribution in [0.4, 0.5) is 0 Å². The third-order valence-electron chi connectivity index (χ3n) is 2.41. The molecule has 2 atom stereocenters. The zero-order valence-electron chi connectivity index (χ0n) is 9.09. The Bertz CT molecular complexity index is 444. The number of carboxylic acids is 1. The van der Waals surface area contributed by atoms with Gasteiger partial charge in [-0.25, -0.2) is 14.8 Å². The Kier molecular flexibility index (Phi) is 4.32. The molecule has 7 heteroatoms. The van der Waals surface area contributed by atoms with Crippen LogP contribution in [-0.2, 0) is 0 Å². The van der Waals surface area contributed by atoms with Crippen LogP contribution in [0.1, 0.15) is 28.5 Å². The Morgan fingerprint density at radius 1 is 1.53 bits per heavy atom. The molecule has 4 nitrogen and oxygen atoms in total. The summed E-state index contributed by atoms with van der Waals surface area (Å²) in [6, 6.07) is 0. The Hall–Kier alpha value is -0.270. The zero-order valence-corrected chi connectivity index (χ0v) is 12.3. The third-order valence-corrected chi connectivity index (χ3v) is 6.07. The normalized spacial score (nSPS) is 24.6. The molecule has 0 spiro atoms. The van der Waals surface area contributed by atoms with Gasteiger partial charge in [0.2, 0.25) is 0 Å². The largest absolute Gasteiger partial charge is 0.476 e. The molecule has 1 aromatic rings. The molecule has 0 bridgehead atoms. The second kappa shape index (κ2) is 5.58. The highest BCUT2D eigenvalue weighted by Crippen LogP contribution is 2.41. The van der Waals surface area contributed by atoms with Crippen LogP contribution < -0.4 is 0 Å². The van der Waals surface area contributed by atoms with Gasteiger partial charge >= 0.3 is 5.97 Å². The molecule has 0 amide bonds. The van der Waals surface area contributed by atoms with E-state index in [9.17, 15) is 4.79 Å². The Labute approximate surface area is 116 Å². The monoisotopic (exact) mass is 334 g/mol. The number of halogens is 1. The van der Waals surface area contributed by atoms with Gasteiger partial charge in [0.25, 0.3) is 0 Å². The molecule has 0 saturated carbocycles. The van der Waals surface area contributed by atoms with Crippen molar-refractivity contribution in [3.05, 3.63) is 22.2 Å². The van der Waals surface area contributed by atoms with Crippen LogP contribution in [0.3, 0.4) is 0 Å². The van der Waals surface area contributed by atoms with Crippen molar-refractivity contribution in [3.8, 4) is 0 Å². The second-order valence-electron chi connectivity index (χ2n) is 3.60. The van der Waals surface area contributed by atoms with Gasteiger partial charge in [-0.2, -0.15) is 11.8 Å². The van der Waals surface area contributed by atoms with Crippen molar-refractivity contribution in [2.24, 2.45) is 0 Å². The van der Waals surface area contributed by atoms with Crippen molar-refractivity contribution in [2.75, 3.05) is 11.5 Å². The molecule has 0 aliphatic carbocycles. The number of hydrogen-bond donors (Lipinski definition) is 1. The lowest BCUT2D eigenvalue weighted by Gasteiger charge is -2.26. The lowest BCUT2D eigenvalue weighted by Crippen LogP contribution is -2.19. The summed E-state index contributed by atoms with van der Waals surface area (Å²) in [6.45, 7) is 2.13. The first-order valence-electron chi connectivity index (χ1n) is 5.08. The van der Waals surface area contributed by atoms with Crippen LogP contribution in [0, 0.1) is 0 Å². The van der Waals surface area contributed by atoms with Gasteiger partial charge in [0.15, 0.2) is 5.69 Å². The van der Waals surface area contributed by atoms with Crippen LogP contribution in [0.25, 0.3) is 0 Å². The van der Waals surface area contributed by atoms with E-state index >= 15 is 0 Å². The second-order valence-corrected chi connectivity index (χ2v) is 7.19. The quantitative estimate of drug-likeness (QED) is 0.897. The number of aromatic nitrogens is 2. The maximum absolute atomic E-state index is 11.0. The van der Waals surface area contributed by atoms with Crippen LogP contribution in [0.5, 0.6) is 0 Å². The first-order valence-corrected chi connectivity index (χ1v) is 7.97. The Morgan fingerprint density at radius 2 is 2.24 bits per heavy atom. The van der Waals surface area contributed by atoms with Gasteiger partial charge in [-0.3, -0.25) is 0 Å². The fraction of sp³-hybridized carbons (Fsp3) is 0.500. The lowest BCUT2D eigenvalue weighted by atomic mass is 10.3. The molecular formula is C10H11BrN2O2S2. The summed E-state index contributed by atoms with van der Waals surface area (Å²) in [5.41, 5.74) is 0.0402. The minimum Gasteiger partial charge on any atom is -0.476 e. The van der Waals surface area contributed by atoms with Crippen LogP contribution in [0.15, 0.2) is 10.7 Å². The van der Waals surface area contributed by atoms with Crippen LogP contribution in [-0.4, -0.2) is 37.8 Å². The molecule has 1 N–H and O–H groups in total. The molecule has 2 unspecified atom stereocenters. The fourth-order valence-corrected chi connectivity index (χ4v) is 4.64. The predicted octanol–water partition coefficient (Wildman–Crippen LogP) is 2.85. The molecule has 1 fully saturated rings. The zero-order chi connectivity index (χ0) is 12.4. The van der Waals surface area contributed by atoms with Crippen molar-refractivity contribution in [2.45, 2.75) is 17.4 Å². The Balaban J connectivity index is 2.32. The van der Waals surface area contributed by atoms with Crippen molar-refractivity contribution < 1.29 is 9.90 Å². The highest BCUT2D eigenvalue weighted by Gasteiger charge is 2.27. The summed E-state index contributed by atoms with van der Waals surface area (Å²) in [5.74, 6) is 1.78. The number of aromatic carboxylic acids is 1. The minimum atomic E-state index is -1.03. The van der Waals surface area contributed by atoms with E-state index in [1.54, 1.807) is 11.8 Å². The number of rotatable bonds is 2. The molecule has 1 aromatic heterocycles. The topological polar surface area (TPSA) is 63.1 Å². The van der Waals surface area contributed by atoms with Gasteiger partial charge < -0.3 is 5.11 Å². The lowest BCUT2D eigenvalue weighted by molar-refractivity contribution is 0.0688. The van der Waals surface area contributed by atoms with E-state index in [0.717, 1.165) is 11.5 Å². The number of carbonyl (C=O) groups is 1. The number of carboxylic acid groups (broad SMARTS) is 1. The molecule has 1 aliphatic heterocycles. The predicted molar refractivity (Wildman–Crippen MR) is 73.8 cm³/mol. The van der Waals surface area contributed by atoms with E-state index in [2.05, 4.69) is 32.8 Å². The van der Waals surface area contributed by atoms with Gasteiger partial charge in [-0.05, 0) is 15.9 Å². The third kappa shape index (κ3) is 2.95. The van der Waals surface area contributed by atoms with E-state index in [-0.39, 0.29) is 10.9 Å². The summed E-state index contributed by atoms with van der Waals surface area (Å²) in [7, 11) is 0. The molecule has 1 saturated heterocycles. The maximum Gasteiger partial charge on any atom is 0.355 e. The van der Waals surface area contributed by atoms with Gasteiger partial charge in [-0.15, -0.1) is 11.8 Å². The number of thioether (sulfide) groups is 2. The molecule has 0 aromatic carbocycles. The van der Waals surface area contributed by atoms with E-state index in [4.69, 9.17) is 5.11 Å². The standard InChI is InChI=1S/C10H11BrN2O2S2/c1-5-8(17-3-2-16-5)9-12-4-6(11)7(13-9)10(14)15/h4-5,8H,2-3H2,1H3,(H,14,15). The minimum absolute atomic E-state index is 0.0402. The van der Waals surface area contributed by atoms with E-state index in [0.29, 0.717) is 15.5 Å². The summed E-state index contributed by atoms with van der Waals surface area (Å²) in [5, 5.41) is 9.62. The SMILES string of the molecule is CC1SCCSC1c1ncc(Br)c(C(=O)O)n1. The average molecular weight is 335 g/mol. The van der Waals surface area contributed by atoms with Crippen LogP contribution >= 0.6 is 39.5 Å². The molecule has 92 valence electrons. The summed E-state index contributed by atoms with van der Waals surface area (Å²) in [6.07, 6.45) is 1.53. The summed E-state index contributed by atoms with van der Waals surface area (Å²) < 4.78 is 0.426. The molecule has 2 rings (SSSR count). The maximum atomic E-state index is 11.0. The molecule has 0 radical (unpaired) electrons. The van der Waals surface area contributed by atoms with E-state index in [1.165, 1.54) is 6.20 Å². The van der Waals surface area contributed by atoms with Crippen molar-refractivity contribution in [1.29, 1.82) is 0 Å². The van der Waals surface area contributed by atoms with Crippen molar-refractivity contribution in [1.82, 2.24) is 9.97 Å². The highest BCUT2D eigenvalue weighted by atomic mass is 79.9. The van der Waals surface area contributed by atoms with Crippen LogP contribution in [0.2, 0.25) is 0 Å². The molecule has 2 heterocycles. The molecule has 17 heavy (non-hydrogen) atoms. The van der Waals surface area contributed by atoms with Crippen molar-refractivity contribution >= 4 is 45.4 Å². The number of hydrogen-bond acceptors (Lipinski definition) is 5. The molecule has 1 aliphatic rings. The van der Waals surface area contributed by atoms with Gasteiger partial charge in [-0.1, -0.05) is 6.92 Å². The first-order chi connectivity index (χ1) is 8.09. The summed E-state index contributed by atoms with van der Waals surface area (Å²) in [4.78, 5) is 19.4. The first kappa shape index (κ1) is 13.2. The Morgan fingerprint density at radius 3 is 2.88 bits per heavy atom. The average Bonchev–Trinajstić information content (AvgIpc) is 2.30. The summed E-state index contributed by atoms with van der Waals surface area (Å²) >= 11 is 6.83. The molecular weight excluding hydrogens is 324 g/mol. The smallest absolute Gasteiger partial charge is 0.355 e. The highest BCUT2D eigenvalue weighted by molar-refractivity contribution is 9.10. The van der Waals surface area contributed by atoms with E-state index in [1.807, 2.05) is 11.8 Å². The van der Waals surface area contributed by atoms with Gasteiger partial charge in [0.05, 0.1) is 9.72 Å². The van der Waals surface area contributed by atoms with Gasteiger partial charge in [0.1, 0.15) is 5.82 Å². The fourth-order valence-electron chi connectivity index (χ4n) is 1.58.